The highest BCUT2D eigenvalue weighted by Crippen LogP contribution is 2.13. The molecule has 0 aromatic carbocycles. The summed E-state index contributed by atoms with van der Waals surface area (Å²) in [5, 5.41) is 3.52. The third kappa shape index (κ3) is 5.70. The van der Waals surface area contributed by atoms with E-state index in [0.29, 0.717) is 12.0 Å². The Hall–Kier alpha value is -0.930. The molecule has 1 rings (SSSR count). The minimum atomic E-state index is 0.586. The molecule has 0 aliphatic carbocycles. The number of nitrogens with one attached hydrogen (secondary N) is 1. The summed E-state index contributed by atoms with van der Waals surface area (Å²) < 4.78 is 0. The van der Waals surface area contributed by atoms with Crippen molar-refractivity contribution in [2.75, 3.05) is 19.6 Å². The van der Waals surface area contributed by atoms with Crippen LogP contribution in [-0.2, 0) is 6.54 Å². The number of aromatic nitrogens is 1. The van der Waals surface area contributed by atoms with E-state index in [9.17, 15) is 0 Å². The average molecular weight is 263 g/mol. The number of rotatable bonds is 9. The minimum absolute atomic E-state index is 0.586. The fraction of sp³-hybridized carbons (Fsp3) is 0.688. The van der Waals surface area contributed by atoms with E-state index in [1.54, 1.807) is 0 Å². The first-order valence-corrected chi connectivity index (χ1v) is 7.52. The van der Waals surface area contributed by atoms with Crippen LogP contribution in [-0.4, -0.2) is 35.6 Å². The van der Waals surface area contributed by atoms with E-state index >= 15 is 0 Å². The Morgan fingerprint density at radius 3 is 2.47 bits per heavy atom. The van der Waals surface area contributed by atoms with Crippen molar-refractivity contribution in [3.05, 3.63) is 30.1 Å². The van der Waals surface area contributed by atoms with Gasteiger partial charge in [0.1, 0.15) is 0 Å². The third-order valence-corrected chi connectivity index (χ3v) is 3.83. The van der Waals surface area contributed by atoms with Crippen molar-refractivity contribution in [2.24, 2.45) is 5.92 Å². The molecular formula is C16H29N3. The average Bonchev–Trinajstić information content (AvgIpc) is 2.45. The monoisotopic (exact) mass is 263 g/mol. The van der Waals surface area contributed by atoms with Crippen molar-refractivity contribution in [3.63, 3.8) is 0 Å². The summed E-state index contributed by atoms with van der Waals surface area (Å²) in [5.41, 5.74) is 1.34. The fourth-order valence-corrected chi connectivity index (χ4v) is 2.30. The third-order valence-electron chi connectivity index (χ3n) is 3.83. The molecule has 0 fully saturated rings. The van der Waals surface area contributed by atoms with E-state index in [1.807, 2.05) is 12.4 Å². The number of pyridine rings is 1. The van der Waals surface area contributed by atoms with Crippen LogP contribution in [0.25, 0.3) is 0 Å². The Bertz CT molecular complexity index is 326. The van der Waals surface area contributed by atoms with E-state index in [1.165, 1.54) is 12.0 Å². The lowest BCUT2D eigenvalue weighted by Gasteiger charge is -2.32. The van der Waals surface area contributed by atoms with E-state index in [4.69, 9.17) is 0 Å². The maximum absolute atomic E-state index is 4.08. The predicted octanol–water partition coefficient (Wildman–Crippen LogP) is 2.93. The minimum Gasteiger partial charge on any atom is -0.316 e. The Kier molecular flexibility index (Phi) is 7.68. The van der Waals surface area contributed by atoms with Gasteiger partial charge < -0.3 is 5.32 Å². The molecule has 0 aliphatic heterocycles. The summed E-state index contributed by atoms with van der Waals surface area (Å²) >= 11 is 0. The van der Waals surface area contributed by atoms with Crippen LogP contribution in [0.4, 0.5) is 0 Å². The molecule has 1 N–H and O–H groups in total. The fourth-order valence-electron chi connectivity index (χ4n) is 2.30. The molecule has 3 heteroatoms. The van der Waals surface area contributed by atoms with E-state index in [0.717, 1.165) is 26.2 Å². The Labute approximate surface area is 118 Å². The number of hydrogen-bond acceptors (Lipinski definition) is 3. The number of nitrogens with zero attached hydrogens (tertiary/aromatic N) is 2. The first-order chi connectivity index (χ1) is 9.19. The van der Waals surface area contributed by atoms with Crippen LogP contribution < -0.4 is 5.32 Å². The first kappa shape index (κ1) is 16.1. The SMILES string of the molecule is CCCNCC(C)C(C)N(CC)Cc1ccncc1. The van der Waals surface area contributed by atoms with Crippen molar-refractivity contribution in [1.29, 1.82) is 0 Å². The van der Waals surface area contributed by atoms with E-state index < -0.39 is 0 Å². The summed E-state index contributed by atoms with van der Waals surface area (Å²) in [6, 6.07) is 4.80. The quantitative estimate of drug-likeness (QED) is 0.694. The zero-order valence-electron chi connectivity index (χ0n) is 12.9. The molecule has 3 nitrogen and oxygen atoms in total. The molecule has 19 heavy (non-hydrogen) atoms. The summed E-state index contributed by atoms with van der Waals surface area (Å²) in [6.45, 7) is 13.4. The molecule has 0 radical (unpaired) electrons. The maximum atomic E-state index is 4.08. The normalized spacial score (nSPS) is 14.6. The Morgan fingerprint density at radius 1 is 1.21 bits per heavy atom. The topological polar surface area (TPSA) is 28.2 Å². The molecule has 1 heterocycles. The van der Waals surface area contributed by atoms with Gasteiger partial charge in [0.25, 0.3) is 0 Å². The summed E-state index contributed by atoms with van der Waals surface area (Å²) in [4.78, 5) is 6.62. The van der Waals surface area contributed by atoms with Crippen molar-refractivity contribution in [3.8, 4) is 0 Å². The van der Waals surface area contributed by atoms with Gasteiger partial charge in [0.05, 0.1) is 0 Å². The summed E-state index contributed by atoms with van der Waals surface area (Å²) in [6.07, 6.45) is 4.95. The second kappa shape index (κ2) is 9.05. The summed E-state index contributed by atoms with van der Waals surface area (Å²) in [5.74, 6) is 0.660. The van der Waals surface area contributed by atoms with Crippen LogP contribution >= 0.6 is 0 Å². The van der Waals surface area contributed by atoms with Crippen molar-refractivity contribution < 1.29 is 0 Å². The van der Waals surface area contributed by atoms with Crippen molar-refractivity contribution in [2.45, 2.75) is 46.7 Å². The van der Waals surface area contributed by atoms with Crippen LogP contribution in [0.5, 0.6) is 0 Å². The molecule has 2 atom stereocenters. The second-order valence-corrected chi connectivity index (χ2v) is 5.34. The van der Waals surface area contributed by atoms with E-state index in [-0.39, 0.29) is 0 Å². The lowest BCUT2D eigenvalue weighted by molar-refractivity contribution is 0.159. The van der Waals surface area contributed by atoms with Gasteiger partial charge in [-0.05, 0) is 56.6 Å². The molecule has 0 bridgehead atoms. The van der Waals surface area contributed by atoms with Crippen LogP contribution in [0.3, 0.4) is 0 Å². The largest absolute Gasteiger partial charge is 0.316 e. The van der Waals surface area contributed by atoms with Crippen molar-refractivity contribution in [1.82, 2.24) is 15.2 Å². The highest BCUT2D eigenvalue weighted by Gasteiger charge is 2.18. The smallest absolute Gasteiger partial charge is 0.0271 e. The van der Waals surface area contributed by atoms with Crippen LogP contribution in [0.2, 0.25) is 0 Å². The predicted molar refractivity (Wildman–Crippen MR) is 82.1 cm³/mol. The van der Waals surface area contributed by atoms with Crippen LogP contribution in [0.15, 0.2) is 24.5 Å². The molecular weight excluding hydrogens is 234 g/mol. The molecule has 2 unspecified atom stereocenters. The van der Waals surface area contributed by atoms with Gasteiger partial charge in [0.2, 0.25) is 0 Å². The molecule has 0 saturated carbocycles. The van der Waals surface area contributed by atoms with Crippen LogP contribution in [0, 0.1) is 5.92 Å². The molecule has 108 valence electrons. The van der Waals surface area contributed by atoms with Gasteiger partial charge in [0, 0.05) is 25.0 Å². The highest BCUT2D eigenvalue weighted by molar-refractivity contribution is 5.09. The Balaban J connectivity index is 2.48. The molecule has 0 spiro atoms. The first-order valence-electron chi connectivity index (χ1n) is 7.52. The van der Waals surface area contributed by atoms with Gasteiger partial charge in [0.15, 0.2) is 0 Å². The molecule has 0 saturated heterocycles. The zero-order valence-corrected chi connectivity index (χ0v) is 12.9. The zero-order chi connectivity index (χ0) is 14.1. The molecule has 1 aromatic heterocycles. The molecule has 1 aromatic rings. The molecule has 0 aliphatic rings. The van der Waals surface area contributed by atoms with Gasteiger partial charge in [-0.3, -0.25) is 9.88 Å². The number of hydrogen-bond donors (Lipinski definition) is 1. The second-order valence-electron chi connectivity index (χ2n) is 5.34. The van der Waals surface area contributed by atoms with Gasteiger partial charge in [-0.1, -0.05) is 20.8 Å². The highest BCUT2D eigenvalue weighted by atomic mass is 15.1. The van der Waals surface area contributed by atoms with Gasteiger partial charge in [-0.2, -0.15) is 0 Å². The standard InChI is InChI=1S/C16H29N3/c1-5-9-18-12-14(3)15(4)19(6-2)13-16-7-10-17-11-8-16/h7-8,10-11,14-15,18H,5-6,9,12-13H2,1-4H3. The Morgan fingerprint density at radius 2 is 1.89 bits per heavy atom. The van der Waals surface area contributed by atoms with Gasteiger partial charge >= 0.3 is 0 Å². The maximum Gasteiger partial charge on any atom is 0.0271 e. The molecule has 0 amide bonds. The van der Waals surface area contributed by atoms with Gasteiger partial charge in [-0.15, -0.1) is 0 Å². The summed E-state index contributed by atoms with van der Waals surface area (Å²) in [7, 11) is 0. The van der Waals surface area contributed by atoms with Gasteiger partial charge in [-0.25, -0.2) is 0 Å². The lowest BCUT2D eigenvalue weighted by Crippen LogP contribution is -2.40. The van der Waals surface area contributed by atoms with E-state index in [2.05, 4.69) is 55.0 Å². The lowest BCUT2D eigenvalue weighted by atomic mass is 10.0. The van der Waals surface area contributed by atoms with Crippen molar-refractivity contribution >= 4 is 0 Å². The van der Waals surface area contributed by atoms with Crippen LogP contribution in [0.1, 0.15) is 39.7 Å².